The van der Waals surface area contributed by atoms with Crippen LogP contribution in [0.5, 0.6) is 5.75 Å². The first-order chi connectivity index (χ1) is 15.6. The molecule has 2 aromatic rings. The summed E-state index contributed by atoms with van der Waals surface area (Å²) in [6, 6.07) is 11.5. The van der Waals surface area contributed by atoms with Crippen molar-refractivity contribution < 1.29 is 32.6 Å². The fraction of sp³-hybridized carbons (Fsp3) is 0.304. The second kappa shape index (κ2) is 9.74. The van der Waals surface area contributed by atoms with E-state index in [-0.39, 0.29) is 29.2 Å². The molecule has 1 N–H and O–H groups in total. The number of nitrogens with zero attached hydrogens (tertiary/aromatic N) is 2. The quantitative estimate of drug-likeness (QED) is 0.354. The number of rotatable bonds is 8. The van der Waals surface area contributed by atoms with Crippen LogP contribution in [0.1, 0.15) is 17.2 Å². The second-order valence-electron chi connectivity index (χ2n) is 7.57. The number of ketones is 1. The number of sulfonamides is 1. The van der Waals surface area contributed by atoms with Gasteiger partial charge in [-0.2, -0.15) is 0 Å². The first-order valence-corrected chi connectivity index (χ1v) is 11.5. The summed E-state index contributed by atoms with van der Waals surface area (Å²) in [6.45, 7) is 0.338. The molecule has 1 unspecified atom stereocenters. The Morgan fingerprint density at radius 1 is 1.09 bits per heavy atom. The van der Waals surface area contributed by atoms with Crippen LogP contribution < -0.4 is 4.74 Å². The summed E-state index contributed by atoms with van der Waals surface area (Å²) < 4.78 is 36.1. The third-order valence-corrected chi connectivity index (χ3v) is 7.22. The van der Waals surface area contributed by atoms with E-state index in [2.05, 4.69) is 0 Å². The predicted octanol–water partition coefficient (Wildman–Crippen LogP) is 2.01. The maximum absolute atomic E-state index is 13.0. The zero-order chi connectivity index (χ0) is 24.3. The van der Waals surface area contributed by atoms with Gasteiger partial charge >= 0.3 is 0 Å². The largest absolute Gasteiger partial charge is 0.507 e. The SMILES string of the molecule is COCCN1C(=O)C(=O)/C(=C(/O)c2ccc(S(=O)(=O)N(C)C)cc2)C1c1cccc(OC)c1. The van der Waals surface area contributed by atoms with E-state index in [1.54, 1.807) is 24.3 Å². The molecule has 1 amide bonds. The van der Waals surface area contributed by atoms with Crippen molar-refractivity contribution in [2.75, 3.05) is 41.5 Å². The summed E-state index contributed by atoms with van der Waals surface area (Å²) >= 11 is 0. The lowest BCUT2D eigenvalue weighted by atomic mass is 9.95. The van der Waals surface area contributed by atoms with Gasteiger partial charge in [-0.1, -0.05) is 12.1 Å². The molecule has 1 aliphatic rings. The number of hydrogen-bond acceptors (Lipinski definition) is 7. The molecule has 0 aliphatic carbocycles. The topological polar surface area (TPSA) is 113 Å². The maximum Gasteiger partial charge on any atom is 0.295 e. The van der Waals surface area contributed by atoms with Gasteiger partial charge in [0.15, 0.2) is 0 Å². The molecule has 10 heteroatoms. The molecule has 1 saturated heterocycles. The van der Waals surface area contributed by atoms with Gasteiger partial charge in [0.05, 0.1) is 30.2 Å². The molecule has 0 radical (unpaired) electrons. The highest BCUT2D eigenvalue weighted by atomic mass is 32.2. The zero-order valence-electron chi connectivity index (χ0n) is 18.8. The molecule has 1 heterocycles. The van der Waals surface area contributed by atoms with Crippen LogP contribution in [0.25, 0.3) is 5.76 Å². The summed E-state index contributed by atoms with van der Waals surface area (Å²) in [4.78, 5) is 27.2. The molecule has 0 bridgehead atoms. The molecule has 0 aromatic heterocycles. The van der Waals surface area contributed by atoms with Crippen LogP contribution >= 0.6 is 0 Å². The number of aliphatic hydroxyl groups excluding tert-OH is 1. The average Bonchev–Trinajstić information content (AvgIpc) is 3.07. The number of benzene rings is 2. The van der Waals surface area contributed by atoms with E-state index in [0.717, 1.165) is 4.31 Å². The molecule has 1 fully saturated rings. The Balaban J connectivity index is 2.14. The minimum atomic E-state index is -3.66. The number of likely N-dealkylation sites (tertiary alicyclic amines) is 1. The number of hydrogen-bond donors (Lipinski definition) is 1. The molecule has 9 nitrogen and oxygen atoms in total. The highest BCUT2D eigenvalue weighted by molar-refractivity contribution is 7.89. The third-order valence-electron chi connectivity index (χ3n) is 5.39. The fourth-order valence-electron chi connectivity index (χ4n) is 3.61. The summed E-state index contributed by atoms with van der Waals surface area (Å²) in [5.41, 5.74) is 0.705. The van der Waals surface area contributed by atoms with Crippen LogP contribution in [-0.4, -0.2) is 75.9 Å². The number of amides is 1. The van der Waals surface area contributed by atoms with Gasteiger partial charge in [-0.15, -0.1) is 0 Å². The summed E-state index contributed by atoms with van der Waals surface area (Å²) in [5.74, 6) is -1.45. The van der Waals surface area contributed by atoms with Crippen molar-refractivity contribution in [1.82, 2.24) is 9.21 Å². The lowest BCUT2D eigenvalue weighted by Gasteiger charge is -2.25. The number of ether oxygens (including phenoxy) is 2. The van der Waals surface area contributed by atoms with E-state index in [0.29, 0.717) is 11.3 Å². The third kappa shape index (κ3) is 4.63. The Labute approximate surface area is 192 Å². The van der Waals surface area contributed by atoms with E-state index >= 15 is 0 Å². The summed E-state index contributed by atoms with van der Waals surface area (Å²) in [5, 5.41) is 11.1. The van der Waals surface area contributed by atoms with E-state index in [1.165, 1.54) is 57.5 Å². The Kier molecular flexibility index (Phi) is 7.21. The van der Waals surface area contributed by atoms with Crippen molar-refractivity contribution in [3.05, 3.63) is 65.2 Å². The van der Waals surface area contributed by atoms with E-state index in [4.69, 9.17) is 9.47 Å². The number of carbonyl (C=O) groups excluding carboxylic acids is 2. The van der Waals surface area contributed by atoms with Gasteiger partial charge in [-0.25, -0.2) is 12.7 Å². The molecule has 0 spiro atoms. The number of carbonyl (C=O) groups is 2. The molecule has 33 heavy (non-hydrogen) atoms. The van der Waals surface area contributed by atoms with Crippen molar-refractivity contribution in [3.8, 4) is 5.75 Å². The molecule has 176 valence electrons. The predicted molar refractivity (Wildman–Crippen MR) is 121 cm³/mol. The fourth-order valence-corrected chi connectivity index (χ4v) is 4.51. The first kappa shape index (κ1) is 24.4. The van der Waals surface area contributed by atoms with Crippen molar-refractivity contribution >= 4 is 27.5 Å². The second-order valence-corrected chi connectivity index (χ2v) is 9.73. The van der Waals surface area contributed by atoms with Gasteiger partial charge < -0.3 is 19.5 Å². The minimum absolute atomic E-state index is 0.0361. The highest BCUT2D eigenvalue weighted by Crippen LogP contribution is 2.40. The maximum atomic E-state index is 13.0. The van der Waals surface area contributed by atoms with Gasteiger partial charge in [0.1, 0.15) is 11.5 Å². The van der Waals surface area contributed by atoms with Gasteiger partial charge in [0.25, 0.3) is 11.7 Å². The van der Waals surface area contributed by atoms with Gasteiger partial charge in [-0.3, -0.25) is 9.59 Å². The Hall–Kier alpha value is -3.21. The van der Waals surface area contributed by atoms with Crippen molar-refractivity contribution in [2.24, 2.45) is 0 Å². The Morgan fingerprint density at radius 3 is 2.33 bits per heavy atom. The monoisotopic (exact) mass is 474 g/mol. The lowest BCUT2D eigenvalue weighted by Crippen LogP contribution is -2.32. The molecule has 0 saturated carbocycles. The van der Waals surface area contributed by atoms with E-state index in [9.17, 15) is 23.1 Å². The van der Waals surface area contributed by atoms with Crippen molar-refractivity contribution in [3.63, 3.8) is 0 Å². The Morgan fingerprint density at radius 2 is 1.76 bits per heavy atom. The number of aliphatic hydroxyl groups is 1. The minimum Gasteiger partial charge on any atom is -0.507 e. The molecular formula is C23H26N2O7S. The average molecular weight is 475 g/mol. The molecule has 3 rings (SSSR count). The van der Waals surface area contributed by atoms with Crippen LogP contribution in [0.15, 0.2) is 59.0 Å². The summed E-state index contributed by atoms with van der Waals surface area (Å²) in [6.07, 6.45) is 0. The van der Waals surface area contributed by atoms with Crippen LogP contribution in [0.4, 0.5) is 0 Å². The van der Waals surface area contributed by atoms with E-state index < -0.39 is 33.5 Å². The highest BCUT2D eigenvalue weighted by Gasteiger charge is 2.46. The van der Waals surface area contributed by atoms with E-state index in [1.807, 2.05) is 0 Å². The molecule has 1 aliphatic heterocycles. The lowest BCUT2D eigenvalue weighted by molar-refractivity contribution is -0.140. The smallest absolute Gasteiger partial charge is 0.295 e. The molecule has 1 atom stereocenters. The van der Waals surface area contributed by atoms with Crippen LogP contribution in [-0.2, 0) is 24.3 Å². The Bertz CT molecular complexity index is 1190. The number of methoxy groups -OCH3 is 2. The van der Waals surface area contributed by atoms with Gasteiger partial charge in [0, 0.05) is 33.3 Å². The zero-order valence-corrected chi connectivity index (χ0v) is 19.6. The normalized spacial score (nSPS) is 18.2. The van der Waals surface area contributed by atoms with Crippen LogP contribution in [0, 0.1) is 0 Å². The summed E-state index contributed by atoms with van der Waals surface area (Å²) in [7, 11) is 2.16. The number of Topliss-reactive ketones (excluding diaryl/α,β-unsaturated/α-hetero) is 1. The van der Waals surface area contributed by atoms with Gasteiger partial charge in [0.2, 0.25) is 10.0 Å². The van der Waals surface area contributed by atoms with Crippen LogP contribution in [0.3, 0.4) is 0 Å². The molecule has 2 aromatic carbocycles. The van der Waals surface area contributed by atoms with Crippen molar-refractivity contribution in [2.45, 2.75) is 10.9 Å². The van der Waals surface area contributed by atoms with Crippen LogP contribution in [0.2, 0.25) is 0 Å². The van der Waals surface area contributed by atoms with Gasteiger partial charge in [-0.05, 0) is 42.0 Å². The first-order valence-electron chi connectivity index (χ1n) is 10.1. The van der Waals surface area contributed by atoms with Crippen molar-refractivity contribution in [1.29, 1.82) is 0 Å². The molecular weight excluding hydrogens is 448 g/mol. The standard InChI is InChI=1S/C23H26N2O7S/c1-24(2)33(29,30)18-10-8-15(9-11-18)21(26)19-20(16-6-5-7-17(14-16)32-4)25(12-13-31-3)23(28)22(19)27/h5-11,14,20,26H,12-13H2,1-4H3/b21-19+.